The molecule has 2 N–H and O–H groups in total. The van der Waals surface area contributed by atoms with Crippen LogP contribution in [0.1, 0.15) is 18.5 Å². The molecule has 0 radical (unpaired) electrons. The Balaban J connectivity index is 1.47. The third-order valence-electron chi connectivity index (χ3n) is 5.63. The molecule has 4 aromatic rings. The topological polar surface area (TPSA) is 90.3 Å². The van der Waals surface area contributed by atoms with Crippen LogP contribution in [0.3, 0.4) is 0 Å². The van der Waals surface area contributed by atoms with Gasteiger partial charge in [-0.1, -0.05) is 54.2 Å². The Morgan fingerprint density at radius 2 is 1.71 bits per heavy atom. The lowest BCUT2D eigenvalue weighted by Gasteiger charge is -2.33. The molecule has 1 aliphatic rings. The van der Waals surface area contributed by atoms with Crippen LogP contribution in [0.4, 0.5) is 5.69 Å². The summed E-state index contributed by atoms with van der Waals surface area (Å²) in [4.78, 5) is 13.5. The molecule has 0 spiro atoms. The first-order valence-corrected chi connectivity index (χ1v) is 12.2. The molecule has 0 bridgehead atoms. The first-order valence-electron chi connectivity index (χ1n) is 11.3. The number of aromatic nitrogens is 3. The normalized spacial score (nSPS) is 16.6. The van der Waals surface area contributed by atoms with Crippen LogP contribution in [-0.2, 0) is 4.79 Å². The number of anilines is 1. The minimum Gasteiger partial charge on any atom is -0.497 e. The van der Waals surface area contributed by atoms with Crippen molar-refractivity contribution in [2.75, 3.05) is 24.5 Å². The monoisotopic (exact) mass is 487 g/mol. The number of amides is 1. The number of nitrogens with zero attached hydrogens (tertiary/aromatic N) is 3. The molecular weight excluding hydrogens is 462 g/mol. The second-order valence-corrected chi connectivity index (χ2v) is 8.98. The molecule has 0 saturated heterocycles. The highest BCUT2D eigenvalue weighted by Crippen LogP contribution is 2.39. The molecule has 0 fully saturated rings. The summed E-state index contributed by atoms with van der Waals surface area (Å²) in [5.41, 5.74) is 6.08. The Morgan fingerprint density at radius 1 is 1.00 bits per heavy atom. The Hall–Kier alpha value is -3.98. The smallest absolute Gasteiger partial charge is 0.240 e. The molecule has 0 aliphatic carbocycles. The summed E-state index contributed by atoms with van der Waals surface area (Å²) < 4.78 is 12.7. The maximum atomic E-state index is 13.5. The van der Waals surface area contributed by atoms with E-state index >= 15 is 0 Å². The summed E-state index contributed by atoms with van der Waals surface area (Å²) in [6.45, 7) is 2.54. The van der Waals surface area contributed by atoms with E-state index in [0.29, 0.717) is 23.3 Å². The van der Waals surface area contributed by atoms with Crippen LogP contribution in [0.5, 0.6) is 11.5 Å². The van der Waals surface area contributed by atoms with E-state index in [9.17, 15) is 4.79 Å². The molecule has 1 aromatic heterocycles. The lowest BCUT2D eigenvalue weighted by Crippen LogP contribution is -2.41. The molecule has 2 unspecified atom stereocenters. The molecule has 3 aromatic carbocycles. The average Bonchev–Trinajstić information content (AvgIpc) is 3.32. The maximum absolute atomic E-state index is 13.5. The number of thioether (sulfide) groups is 1. The van der Waals surface area contributed by atoms with E-state index in [4.69, 9.17) is 9.47 Å². The van der Waals surface area contributed by atoms with E-state index in [1.165, 1.54) is 11.8 Å². The van der Waals surface area contributed by atoms with Gasteiger partial charge in [-0.25, -0.2) is 4.68 Å². The number of nitrogens with one attached hydrogen (secondary N) is 2. The summed E-state index contributed by atoms with van der Waals surface area (Å²) >= 11 is 1.38. The van der Waals surface area contributed by atoms with Gasteiger partial charge in [0, 0.05) is 11.3 Å². The molecule has 0 saturated carbocycles. The van der Waals surface area contributed by atoms with E-state index < -0.39 is 5.25 Å². The standard InChI is InChI=1S/C26H25N5O3S/c1-3-34-21-13-9-17(10-14-21)22-23(25(32)27-19-11-15-20(33-2)16-12-19)35-26-29-28-24(31(26)30-22)18-7-5-4-6-8-18/h4-16,22-23,30H,3H2,1-2H3,(H,27,32). The number of hydrogen-bond acceptors (Lipinski definition) is 7. The summed E-state index contributed by atoms with van der Waals surface area (Å²) in [5.74, 6) is 2.07. The van der Waals surface area contributed by atoms with E-state index in [1.807, 2.05) is 90.5 Å². The Labute approximate surface area is 207 Å². The fraction of sp³-hybridized carbons (Fsp3) is 0.192. The summed E-state index contributed by atoms with van der Waals surface area (Å²) in [6, 6.07) is 24.6. The summed E-state index contributed by atoms with van der Waals surface area (Å²) in [6.07, 6.45) is 0. The molecule has 35 heavy (non-hydrogen) atoms. The van der Waals surface area contributed by atoms with Crippen molar-refractivity contribution in [2.45, 2.75) is 23.4 Å². The summed E-state index contributed by atoms with van der Waals surface area (Å²) in [7, 11) is 1.61. The van der Waals surface area contributed by atoms with Gasteiger partial charge < -0.3 is 20.2 Å². The van der Waals surface area contributed by atoms with E-state index in [0.717, 1.165) is 22.6 Å². The largest absolute Gasteiger partial charge is 0.497 e. The van der Waals surface area contributed by atoms with Gasteiger partial charge in [-0.3, -0.25) is 4.79 Å². The molecule has 2 atom stereocenters. The van der Waals surface area contributed by atoms with Crippen molar-refractivity contribution in [1.29, 1.82) is 0 Å². The van der Waals surface area contributed by atoms with Gasteiger partial charge in [0.25, 0.3) is 0 Å². The Kier molecular flexibility index (Phi) is 6.58. The fourth-order valence-corrected chi connectivity index (χ4v) is 4.98. The minimum atomic E-state index is -0.490. The second-order valence-electron chi connectivity index (χ2n) is 7.87. The van der Waals surface area contributed by atoms with Crippen molar-refractivity contribution in [2.24, 2.45) is 0 Å². The highest BCUT2D eigenvalue weighted by Gasteiger charge is 2.38. The zero-order valence-electron chi connectivity index (χ0n) is 19.3. The predicted octanol–water partition coefficient (Wildman–Crippen LogP) is 4.75. The van der Waals surface area contributed by atoms with E-state index in [2.05, 4.69) is 20.9 Å². The van der Waals surface area contributed by atoms with E-state index in [1.54, 1.807) is 7.11 Å². The Morgan fingerprint density at radius 3 is 2.40 bits per heavy atom. The first-order chi connectivity index (χ1) is 17.2. The van der Waals surface area contributed by atoms with Crippen LogP contribution in [0.25, 0.3) is 11.4 Å². The molecular formula is C26H25N5O3S. The van der Waals surface area contributed by atoms with Crippen LogP contribution in [0, 0.1) is 0 Å². The van der Waals surface area contributed by atoms with Gasteiger partial charge in [-0.2, -0.15) is 0 Å². The van der Waals surface area contributed by atoms with Gasteiger partial charge >= 0.3 is 0 Å². The van der Waals surface area contributed by atoms with Crippen molar-refractivity contribution >= 4 is 23.4 Å². The minimum absolute atomic E-state index is 0.137. The van der Waals surface area contributed by atoms with E-state index in [-0.39, 0.29) is 11.9 Å². The van der Waals surface area contributed by atoms with Crippen molar-refractivity contribution in [3.05, 3.63) is 84.4 Å². The quantitative estimate of drug-likeness (QED) is 0.389. The van der Waals surface area contributed by atoms with Gasteiger partial charge in [0.05, 0.1) is 19.8 Å². The van der Waals surface area contributed by atoms with Crippen molar-refractivity contribution < 1.29 is 14.3 Å². The van der Waals surface area contributed by atoms with Gasteiger partial charge in [0.1, 0.15) is 16.7 Å². The molecule has 2 heterocycles. The van der Waals surface area contributed by atoms with Crippen LogP contribution >= 0.6 is 11.8 Å². The predicted molar refractivity (Wildman–Crippen MR) is 136 cm³/mol. The molecule has 1 amide bonds. The van der Waals surface area contributed by atoms with Crippen molar-refractivity contribution in [3.63, 3.8) is 0 Å². The number of benzene rings is 3. The highest BCUT2D eigenvalue weighted by atomic mass is 32.2. The zero-order chi connectivity index (χ0) is 24.2. The van der Waals surface area contributed by atoms with Crippen LogP contribution in [0.15, 0.2) is 84.0 Å². The number of carbonyl (C=O) groups is 1. The number of rotatable bonds is 7. The average molecular weight is 488 g/mol. The highest BCUT2D eigenvalue weighted by molar-refractivity contribution is 8.00. The third kappa shape index (κ3) is 4.81. The molecule has 9 heteroatoms. The van der Waals surface area contributed by atoms with Crippen LogP contribution in [-0.4, -0.2) is 39.7 Å². The zero-order valence-corrected chi connectivity index (χ0v) is 20.2. The number of methoxy groups -OCH3 is 1. The number of ether oxygens (including phenoxy) is 2. The van der Waals surface area contributed by atoms with Gasteiger partial charge in [0.2, 0.25) is 11.1 Å². The Bertz CT molecular complexity index is 1290. The van der Waals surface area contributed by atoms with Gasteiger partial charge in [0.15, 0.2) is 5.82 Å². The van der Waals surface area contributed by atoms with Crippen molar-refractivity contribution in [3.8, 4) is 22.9 Å². The van der Waals surface area contributed by atoms with Gasteiger partial charge in [-0.15, -0.1) is 10.2 Å². The molecule has 178 valence electrons. The van der Waals surface area contributed by atoms with Gasteiger partial charge in [-0.05, 0) is 48.9 Å². The SMILES string of the molecule is CCOc1ccc(C2Nn3c(nnc3-c3ccccc3)SC2C(=O)Nc2ccc(OC)cc2)cc1. The van der Waals surface area contributed by atoms with Crippen LogP contribution < -0.4 is 20.2 Å². The van der Waals surface area contributed by atoms with Crippen LogP contribution in [0.2, 0.25) is 0 Å². The summed E-state index contributed by atoms with van der Waals surface area (Å²) in [5, 5.41) is 11.9. The lowest BCUT2D eigenvalue weighted by molar-refractivity contribution is -0.116. The fourth-order valence-electron chi connectivity index (χ4n) is 3.91. The maximum Gasteiger partial charge on any atom is 0.240 e. The number of fused-ring (bicyclic) bond motifs is 1. The second kappa shape index (κ2) is 10.1. The lowest BCUT2D eigenvalue weighted by atomic mass is 10.0. The van der Waals surface area contributed by atoms with Crippen molar-refractivity contribution in [1.82, 2.24) is 14.9 Å². The number of carbonyl (C=O) groups excluding carboxylic acids is 1. The number of hydrogen-bond donors (Lipinski definition) is 2. The third-order valence-corrected chi connectivity index (χ3v) is 6.85. The first kappa shape index (κ1) is 22.8. The molecule has 8 nitrogen and oxygen atoms in total. The molecule has 5 rings (SSSR count). The molecule has 1 aliphatic heterocycles.